The average molecular weight is 303 g/mol. The molecule has 0 radical (unpaired) electrons. The Bertz CT molecular complexity index is 692. The third-order valence-corrected chi connectivity index (χ3v) is 4.72. The highest BCUT2D eigenvalue weighted by molar-refractivity contribution is 5.95. The number of nitrogens with one attached hydrogen (secondary N) is 1. The Kier molecular flexibility index (Phi) is 4.19. The van der Waals surface area contributed by atoms with Crippen molar-refractivity contribution in [1.82, 2.24) is 4.98 Å². The number of carbonyl (C=O) groups is 1. The molecule has 0 spiro atoms. The summed E-state index contributed by atoms with van der Waals surface area (Å²) in [7, 11) is 0. The zero-order valence-electron chi connectivity index (χ0n) is 12.9. The van der Waals surface area contributed by atoms with Crippen LogP contribution in [0.25, 0.3) is 10.9 Å². The van der Waals surface area contributed by atoms with E-state index in [9.17, 15) is 9.18 Å². The van der Waals surface area contributed by atoms with E-state index in [0.717, 1.165) is 54.3 Å². The molecule has 3 nitrogen and oxygen atoms in total. The number of rotatable bonds is 4. The summed E-state index contributed by atoms with van der Waals surface area (Å²) in [5.74, 6) is -0.990. The summed E-state index contributed by atoms with van der Waals surface area (Å²) in [6.07, 6.45) is 4.61. The minimum absolute atomic E-state index is 0.0558. The SMILES string of the molecule is CCCc1[nH]c2cc(C(=O)O)ccc2c1C1CCCCC1F. The lowest BCUT2D eigenvalue weighted by atomic mass is 9.81. The number of aromatic amines is 1. The lowest BCUT2D eigenvalue weighted by molar-refractivity contribution is 0.0697. The van der Waals surface area contributed by atoms with Crippen molar-refractivity contribution >= 4 is 16.9 Å². The van der Waals surface area contributed by atoms with Crippen molar-refractivity contribution in [2.45, 2.75) is 57.5 Å². The molecule has 2 N–H and O–H groups in total. The van der Waals surface area contributed by atoms with Gasteiger partial charge in [-0.3, -0.25) is 0 Å². The van der Waals surface area contributed by atoms with Gasteiger partial charge in [-0.1, -0.05) is 32.3 Å². The average Bonchev–Trinajstić information content (AvgIpc) is 2.85. The van der Waals surface area contributed by atoms with E-state index in [2.05, 4.69) is 11.9 Å². The molecule has 1 aromatic carbocycles. The van der Waals surface area contributed by atoms with E-state index >= 15 is 0 Å². The first kappa shape index (κ1) is 15.1. The van der Waals surface area contributed by atoms with Gasteiger partial charge in [0.25, 0.3) is 0 Å². The second-order valence-electron chi connectivity index (χ2n) is 6.24. The molecule has 1 aliphatic rings. The van der Waals surface area contributed by atoms with Gasteiger partial charge in [0.2, 0.25) is 0 Å². The Balaban J connectivity index is 2.13. The number of aryl methyl sites for hydroxylation is 1. The molecule has 0 amide bonds. The Labute approximate surface area is 129 Å². The largest absolute Gasteiger partial charge is 0.478 e. The molecule has 118 valence electrons. The molecular formula is C18H22FNO2. The van der Waals surface area contributed by atoms with Crippen molar-refractivity contribution in [3.63, 3.8) is 0 Å². The Hall–Kier alpha value is -1.84. The van der Waals surface area contributed by atoms with Crippen molar-refractivity contribution in [3.05, 3.63) is 35.0 Å². The van der Waals surface area contributed by atoms with Crippen LogP contribution in [0.4, 0.5) is 4.39 Å². The fourth-order valence-electron chi connectivity index (χ4n) is 3.69. The van der Waals surface area contributed by atoms with E-state index in [4.69, 9.17) is 5.11 Å². The van der Waals surface area contributed by atoms with Gasteiger partial charge in [0, 0.05) is 22.5 Å². The fraction of sp³-hybridized carbons (Fsp3) is 0.500. The van der Waals surface area contributed by atoms with Crippen molar-refractivity contribution < 1.29 is 14.3 Å². The van der Waals surface area contributed by atoms with E-state index in [1.807, 2.05) is 6.07 Å². The normalized spacial score (nSPS) is 22.1. The maximum absolute atomic E-state index is 14.5. The highest BCUT2D eigenvalue weighted by Gasteiger charge is 2.30. The molecule has 1 aliphatic carbocycles. The summed E-state index contributed by atoms with van der Waals surface area (Å²) < 4.78 is 14.5. The monoisotopic (exact) mass is 303 g/mol. The van der Waals surface area contributed by atoms with E-state index in [1.54, 1.807) is 12.1 Å². The van der Waals surface area contributed by atoms with Crippen molar-refractivity contribution in [2.75, 3.05) is 0 Å². The molecule has 2 aromatic rings. The summed E-state index contributed by atoms with van der Waals surface area (Å²) in [6.45, 7) is 2.10. The van der Waals surface area contributed by atoms with Crippen LogP contribution in [0, 0.1) is 0 Å². The molecule has 3 rings (SSSR count). The number of aromatic carboxylic acids is 1. The minimum atomic E-state index is -0.934. The predicted octanol–water partition coefficient (Wildman–Crippen LogP) is 4.81. The summed E-state index contributed by atoms with van der Waals surface area (Å²) >= 11 is 0. The van der Waals surface area contributed by atoms with Gasteiger partial charge in [-0.25, -0.2) is 9.18 Å². The molecule has 1 fully saturated rings. The van der Waals surface area contributed by atoms with Crippen LogP contribution in [0.15, 0.2) is 18.2 Å². The molecule has 2 unspecified atom stereocenters. The number of alkyl halides is 1. The number of carboxylic acid groups (broad SMARTS) is 1. The summed E-state index contributed by atoms with van der Waals surface area (Å²) in [5, 5.41) is 10.1. The Morgan fingerprint density at radius 1 is 1.36 bits per heavy atom. The van der Waals surface area contributed by atoms with Crippen molar-refractivity contribution in [2.24, 2.45) is 0 Å². The Morgan fingerprint density at radius 3 is 2.82 bits per heavy atom. The third kappa shape index (κ3) is 2.62. The molecular weight excluding hydrogens is 281 g/mol. The molecule has 0 bridgehead atoms. The van der Waals surface area contributed by atoms with E-state index in [0.29, 0.717) is 6.42 Å². The minimum Gasteiger partial charge on any atom is -0.478 e. The molecule has 2 atom stereocenters. The van der Waals surface area contributed by atoms with Crippen LogP contribution in [0.1, 0.15) is 66.6 Å². The zero-order chi connectivity index (χ0) is 15.7. The van der Waals surface area contributed by atoms with Gasteiger partial charge >= 0.3 is 5.97 Å². The second kappa shape index (κ2) is 6.11. The first-order valence-electron chi connectivity index (χ1n) is 8.13. The van der Waals surface area contributed by atoms with Crippen LogP contribution in [-0.2, 0) is 6.42 Å². The van der Waals surface area contributed by atoms with Crippen molar-refractivity contribution in [3.8, 4) is 0 Å². The van der Waals surface area contributed by atoms with Gasteiger partial charge in [-0.2, -0.15) is 0 Å². The highest BCUT2D eigenvalue weighted by atomic mass is 19.1. The van der Waals surface area contributed by atoms with Crippen LogP contribution in [0.3, 0.4) is 0 Å². The van der Waals surface area contributed by atoms with Gasteiger partial charge in [-0.05, 0) is 37.0 Å². The van der Waals surface area contributed by atoms with E-state index < -0.39 is 12.1 Å². The molecule has 1 heterocycles. The standard InChI is InChI=1S/C18H22FNO2/c1-2-5-15-17(12-6-3-4-7-14(12)19)13-9-8-11(18(21)22)10-16(13)20-15/h8-10,12,14,20H,2-7H2,1H3,(H,21,22). The van der Waals surface area contributed by atoms with Gasteiger partial charge in [0.05, 0.1) is 5.56 Å². The topological polar surface area (TPSA) is 53.1 Å². The number of carboxylic acids is 1. The Morgan fingerprint density at radius 2 is 2.14 bits per heavy atom. The molecule has 4 heteroatoms. The summed E-state index contributed by atoms with van der Waals surface area (Å²) in [5.41, 5.74) is 3.25. The van der Waals surface area contributed by atoms with Crippen LogP contribution in [0.5, 0.6) is 0 Å². The maximum Gasteiger partial charge on any atom is 0.335 e. The van der Waals surface area contributed by atoms with E-state index in [1.165, 1.54) is 0 Å². The highest BCUT2D eigenvalue weighted by Crippen LogP contribution is 2.40. The molecule has 1 saturated carbocycles. The summed E-state index contributed by atoms with van der Waals surface area (Å²) in [4.78, 5) is 14.5. The predicted molar refractivity (Wildman–Crippen MR) is 85.4 cm³/mol. The molecule has 1 aromatic heterocycles. The lowest BCUT2D eigenvalue weighted by Crippen LogP contribution is -2.19. The second-order valence-corrected chi connectivity index (χ2v) is 6.24. The lowest BCUT2D eigenvalue weighted by Gasteiger charge is -2.27. The molecule has 22 heavy (non-hydrogen) atoms. The molecule has 0 aliphatic heterocycles. The van der Waals surface area contributed by atoms with Crippen LogP contribution < -0.4 is 0 Å². The number of hydrogen-bond donors (Lipinski definition) is 2. The van der Waals surface area contributed by atoms with Crippen LogP contribution in [-0.4, -0.2) is 22.2 Å². The summed E-state index contributed by atoms with van der Waals surface area (Å²) in [6, 6.07) is 5.12. The van der Waals surface area contributed by atoms with Gasteiger partial charge in [0.15, 0.2) is 0 Å². The first-order chi connectivity index (χ1) is 10.6. The number of benzene rings is 1. The van der Waals surface area contributed by atoms with Gasteiger partial charge < -0.3 is 10.1 Å². The number of hydrogen-bond acceptors (Lipinski definition) is 1. The molecule has 0 saturated heterocycles. The van der Waals surface area contributed by atoms with Gasteiger partial charge in [-0.15, -0.1) is 0 Å². The third-order valence-electron chi connectivity index (χ3n) is 4.72. The van der Waals surface area contributed by atoms with Crippen molar-refractivity contribution in [1.29, 1.82) is 0 Å². The smallest absolute Gasteiger partial charge is 0.335 e. The number of aromatic nitrogens is 1. The fourth-order valence-corrected chi connectivity index (χ4v) is 3.69. The quantitative estimate of drug-likeness (QED) is 0.851. The van der Waals surface area contributed by atoms with E-state index in [-0.39, 0.29) is 11.5 Å². The van der Waals surface area contributed by atoms with Crippen LogP contribution in [0.2, 0.25) is 0 Å². The maximum atomic E-state index is 14.5. The zero-order valence-corrected chi connectivity index (χ0v) is 12.9. The number of halogens is 1. The first-order valence-corrected chi connectivity index (χ1v) is 8.13. The number of fused-ring (bicyclic) bond motifs is 1. The number of H-pyrrole nitrogens is 1. The van der Waals surface area contributed by atoms with Gasteiger partial charge in [0.1, 0.15) is 6.17 Å². The van der Waals surface area contributed by atoms with Crippen LogP contribution >= 0.6 is 0 Å².